The van der Waals surface area contributed by atoms with Crippen molar-refractivity contribution in [3.05, 3.63) is 72.4 Å². The molecule has 1 aromatic heterocycles. The van der Waals surface area contributed by atoms with Crippen LogP contribution in [0.25, 0.3) is 11.3 Å². The summed E-state index contributed by atoms with van der Waals surface area (Å²) >= 11 is -2.85. The van der Waals surface area contributed by atoms with E-state index < -0.39 is 24.3 Å². The normalized spacial score (nSPS) is 11.4. The van der Waals surface area contributed by atoms with Crippen molar-refractivity contribution in [1.29, 1.82) is 0 Å². The third-order valence-corrected chi connectivity index (χ3v) is 22.4. The summed E-state index contributed by atoms with van der Waals surface area (Å²) in [5.41, 5.74) is 7.64. The molecule has 2 N–H and O–H groups in total. The van der Waals surface area contributed by atoms with Crippen molar-refractivity contribution in [2.24, 2.45) is 5.73 Å². The SMILES string of the molecule is CCC[CH2][Sn]([CH2]CCC)([CH2]CCC)[c]1cc(-c2cccc(C(N)=O)n2)ccc1Oc1ccccc1. The Balaban J connectivity index is 2.18. The fourth-order valence-electron chi connectivity index (χ4n) is 4.87. The molecule has 186 valence electrons. The van der Waals surface area contributed by atoms with E-state index in [2.05, 4.69) is 44.0 Å². The first-order valence-electron chi connectivity index (χ1n) is 13.2. The molecular formula is C30H40N2O2Sn. The van der Waals surface area contributed by atoms with Gasteiger partial charge in [0.15, 0.2) is 0 Å². The van der Waals surface area contributed by atoms with E-state index in [4.69, 9.17) is 10.5 Å². The Morgan fingerprint density at radius 2 is 1.46 bits per heavy atom. The number of para-hydroxylation sites is 1. The van der Waals surface area contributed by atoms with Crippen molar-refractivity contribution in [2.75, 3.05) is 0 Å². The molecule has 0 atom stereocenters. The predicted molar refractivity (Wildman–Crippen MR) is 149 cm³/mol. The Morgan fingerprint density at radius 3 is 2.03 bits per heavy atom. The first-order valence-corrected chi connectivity index (χ1v) is 20.7. The van der Waals surface area contributed by atoms with Gasteiger partial charge in [-0.05, 0) is 0 Å². The van der Waals surface area contributed by atoms with Crippen LogP contribution < -0.4 is 14.0 Å². The van der Waals surface area contributed by atoms with E-state index in [9.17, 15) is 4.79 Å². The number of rotatable bonds is 14. The van der Waals surface area contributed by atoms with Gasteiger partial charge in [0.25, 0.3) is 0 Å². The molecule has 0 bridgehead atoms. The fourth-order valence-corrected chi connectivity index (χ4v) is 21.3. The van der Waals surface area contributed by atoms with Crippen molar-refractivity contribution >= 4 is 27.9 Å². The molecule has 0 saturated carbocycles. The average Bonchev–Trinajstić information content (AvgIpc) is 2.89. The van der Waals surface area contributed by atoms with Gasteiger partial charge in [-0.1, -0.05) is 0 Å². The molecule has 3 aromatic rings. The van der Waals surface area contributed by atoms with Gasteiger partial charge in [0.2, 0.25) is 0 Å². The number of hydrogen-bond donors (Lipinski definition) is 1. The standard InChI is InChI=1S/C18H13N2O2.3C4H9.Sn/c19-18(21)17-8-4-7-16(20-17)13-9-11-15(12-10-13)22-14-5-2-1-3-6-14;3*1-3-4-2;/h1-11H,(H2,19,21);3*1,3-4H2,2H3;. The Kier molecular flexibility index (Phi) is 10.6. The Morgan fingerprint density at radius 1 is 0.829 bits per heavy atom. The third kappa shape index (κ3) is 7.33. The molecule has 3 rings (SSSR count). The topological polar surface area (TPSA) is 65.2 Å². The molecule has 0 unspecified atom stereocenters. The average molecular weight is 579 g/mol. The number of amides is 1. The monoisotopic (exact) mass is 580 g/mol. The van der Waals surface area contributed by atoms with Crippen molar-refractivity contribution in [3.63, 3.8) is 0 Å². The van der Waals surface area contributed by atoms with Crippen LogP contribution in [-0.2, 0) is 0 Å². The first kappa shape index (κ1) is 27.2. The molecule has 0 spiro atoms. The second-order valence-corrected chi connectivity index (χ2v) is 22.6. The van der Waals surface area contributed by atoms with E-state index in [1.54, 1.807) is 6.07 Å². The summed E-state index contributed by atoms with van der Waals surface area (Å²) in [7, 11) is 0. The number of nitrogens with two attached hydrogens (primary N) is 1. The summed E-state index contributed by atoms with van der Waals surface area (Å²) in [4.78, 5) is 16.3. The molecule has 35 heavy (non-hydrogen) atoms. The Bertz CT molecular complexity index is 1060. The molecule has 0 aliphatic rings. The summed E-state index contributed by atoms with van der Waals surface area (Å²) in [6.45, 7) is 6.90. The molecule has 0 saturated heterocycles. The van der Waals surface area contributed by atoms with E-state index >= 15 is 0 Å². The van der Waals surface area contributed by atoms with Crippen LogP contribution in [0.4, 0.5) is 0 Å². The van der Waals surface area contributed by atoms with E-state index in [1.807, 2.05) is 42.5 Å². The van der Waals surface area contributed by atoms with Gasteiger partial charge in [-0.15, -0.1) is 0 Å². The van der Waals surface area contributed by atoms with Crippen molar-refractivity contribution in [1.82, 2.24) is 4.98 Å². The quantitative estimate of drug-likeness (QED) is 0.199. The van der Waals surface area contributed by atoms with Crippen LogP contribution in [0.3, 0.4) is 0 Å². The van der Waals surface area contributed by atoms with Crippen LogP contribution in [0.1, 0.15) is 69.8 Å². The molecule has 4 nitrogen and oxygen atoms in total. The number of carbonyl (C=O) groups excluding carboxylic acids is 1. The van der Waals surface area contributed by atoms with Crippen LogP contribution in [0.2, 0.25) is 13.3 Å². The van der Waals surface area contributed by atoms with Gasteiger partial charge in [-0.2, -0.15) is 0 Å². The zero-order valence-electron chi connectivity index (χ0n) is 21.6. The second-order valence-electron chi connectivity index (χ2n) is 9.49. The van der Waals surface area contributed by atoms with E-state index in [1.165, 1.54) is 55.4 Å². The Labute approximate surface area is 215 Å². The maximum atomic E-state index is 11.8. The number of aromatic nitrogens is 1. The van der Waals surface area contributed by atoms with Crippen molar-refractivity contribution in [3.8, 4) is 22.8 Å². The molecular weight excluding hydrogens is 539 g/mol. The first-order chi connectivity index (χ1) is 17.0. The Hall–Kier alpha value is -2.34. The molecule has 0 aliphatic carbocycles. The fraction of sp³-hybridized carbons (Fsp3) is 0.400. The van der Waals surface area contributed by atoms with E-state index in [-0.39, 0.29) is 0 Å². The van der Waals surface area contributed by atoms with Gasteiger partial charge in [0.05, 0.1) is 0 Å². The maximum absolute atomic E-state index is 11.8. The molecule has 0 fully saturated rings. The zero-order chi connectivity index (χ0) is 25.1. The van der Waals surface area contributed by atoms with Crippen LogP contribution in [-0.4, -0.2) is 29.3 Å². The van der Waals surface area contributed by atoms with Crippen molar-refractivity contribution in [2.45, 2.75) is 72.6 Å². The number of unbranched alkanes of at least 4 members (excludes halogenated alkanes) is 3. The molecule has 1 amide bonds. The number of ether oxygens (including phenoxy) is 1. The van der Waals surface area contributed by atoms with Gasteiger partial charge in [0.1, 0.15) is 0 Å². The van der Waals surface area contributed by atoms with Crippen LogP contribution >= 0.6 is 0 Å². The van der Waals surface area contributed by atoms with Gasteiger partial charge in [-0.25, -0.2) is 0 Å². The number of primary amides is 1. The summed E-state index contributed by atoms with van der Waals surface area (Å²) < 4.78 is 12.1. The van der Waals surface area contributed by atoms with Gasteiger partial charge in [0, 0.05) is 0 Å². The number of carbonyl (C=O) groups is 1. The molecule has 0 radical (unpaired) electrons. The van der Waals surface area contributed by atoms with E-state index in [0.29, 0.717) is 5.69 Å². The molecule has 0 aliphatic heterocycles. The number of benzene rings is 2. The van der Waals surface area contributed by atoms with Crippen LogP contribution in [0.5, 0.6) is 11.5 Å². The minimum atomic E-state index is -2.85. The minimum absolute atomic E-state index is 0.298. The molecule has 1 heterocycles. The predicted octanol–water partition coefficient (Wildman–Crippen LogP) is 7.70. The molecule has 5 heteroatoms. The summed E-state index contributed by atoms with van der Waals surface area (Å²) in [5.74, 6) is 1.38. The molecule has 2 aromatic carbocycles. The third-order valence-electron chi connectivity index (χ3n) is 6.85. The van der Waals surface area contributed by atoms with E-state index in [0.717, 1.165) is 22.8 Å². The number of nitrogens with zero attached hydrogens (tertiary/aromatic N) is 1. The van der Waals surface area contributed by atoms with Gasteiger partial charge >= 0.3 is 216 Å². The number of hydrogen-bond acceptors (Lipinski definition) is 3. The summed E-state index contributed by atoms with van der Waals surface area (Å²) in [5, 5.41) is 0. The van der Waals surface area contributed by atoms with Crippen LogP contribution in [0, 0.1) is 0 Å². The summed E-state index contributed by atoms with van der Waals surface area (Å²) in [6.07, 6.45) is 7.46. The number of pyridine rings is 1. The van der Waals surface area contributed by atoms with Gasteiger partial charge in [-0.3, -0.25) is 0 Å². The summed E-state index contributed by atoms with van der Waals surface area (Å²) in [6, 6.07) is 22.2. The second kappa shape index (κ2) is 13.7. The zero-order valence-corrected chi connectivity index (χ0v) is 24.4. The van der Waals surface area contributed by atoms with Gasteiger partial charge < -0.3 is 0 Å². The van der Waals surface area contributed by atoms with Crippen LogP contribution in [0.15, 0.2) is 66.7 Å². The van der Waals surface area contributed by atoms with Crippen molar-refractivity contribution < 1.29 is 9.53 Å².